The van der Waals surface area contributed by atoms with Gasteiger partial charge in [0.15, 0.2) is 0 Å². The molecule has 5 nitrogen and oxygen atoms in total. The van der Waals surface area contributed by atoms with Crippen molar-refractivity contribution >= 4 is 33.1 Å². The fourth-order valence-corrected chi connectivity index (χ4v) is 5.23. The minimum Gasteiger partial charge on any atom is -0.315 e. The molecule has 2 heterocycles. The van der Waals surface area contributed by atoms with Gasteiger partial charge in [-0.15, -0.1) is 11.3 Å². The van der Waals surface area contributed by atoms with Crippen molar-refractivity contribution in [2.45, 2.75) is 52.5 Å². The Kier molecular flexibility index (Phi) is 5.06. The summed E-state index contributed by atoms with van der Waals surface area (Å²) in [5.41, 5.74) is 4.32. The second kappa shape index (κ2) is 7.51. The van der Waals surface area contributed by atoms with Gasteiger partial charge < -0.3 is 4.90 Å². The molecule has 4 rings (SSSR count). The van der Waals surface area contributed by atoms with Crippen molar-refractivity contribution in [3.05, 3.63) is 56.4 Å². The summed E-state index contributed by atoms with van der Waals surface area (Å²) in [4.78, 5) is 34.0. The van der Waals surface area contributed by atoms with E-state index in [1.54, 1.807) is 34.2 Å². The lowest BCUT2D eigenvalue weighted by Gasteiger charge is -2.19. The first-order chi connectivity index (χ1) is 13.4. The Morgan fingerprint density at radius 3 is 2.64 bits per heavy atom. The van der Waals surface area contributed by atoms with E-state index in [9.17, 15) is 9.59 Å². The van der Waals surface area contributed by atoms with Crippen LogP contribution in [0, 0.1) is 13.8 Å². The molecule has 0 aliphatic heterocycles. The first-order valence-electron chi connectivity index (χ1n) is 9.78. The number of hydrogen-bond acceptors (Lipinski definition) is 4. The predicted molar refractivity (Wildman–Crippen MR) is 114 cm³/mol. The van der Waals surface area contributed by atoms with Gasteiger partial charge in [-0.25, -0.2) is 4.98 Å². The van der Waals surface area contributed by atoms with Gasteiger partial charge in [0.05, 0.1) is 11.7 Å². The van der Waals surface area contributed by atoms with Crippen molar-refractivity contribution in [2.24, 2.45) is 0 Å². The maximum absolute atomic E-state index is 13.0. The third-order valence-electron chi connectivity index (χ3n) is 5.48. The van der Waals surface area contributed by atoms with Crippen LogP contribution in [0.3, 0.4) is 0 Å². The van der Waals surface area contributed by atoms with E-state index < -0.39 is 0 Å². The van der Waals surface area contributed by atoms with Crippen molar-refractivity contribution in [3.63, 3.8) is 0 Å². The highest BCUT2D eigenvalue weighted by molar-refractivity contribution is 7.18. The van der Waals surface area contributed by atoms with Gasteiger partial charge in [-0.1, -0.05) is 6.07 Å². The molecule has 0 atom stereocenters. The van der Waals surface area contributed by atoms with Crippen LogP contribution in [0.25, 0.3) is 10.2 Å². The highest BCUT2D eigenvalue weighted by atomic mass is 32.1. The molecule has 1 amide bonds. The number of carbonyl (C=O) groups is 1. The first kappa shape index (κ1) is 18.9. The van der Waals surface area contributed by atoms with Crippen LogP contribution in [0.15, 0.2) is 29.3 Å². The number of nitrogens with zero attached hydrogens (tertiary/aromatic N) is 3. The van der Waals surface area contributed by atoms with Gasteiger partial charge in [-0.3, -0.25) is 14.2 Å². The molecule has 1 aromatic carbocycles. The van der Waals surface area contributed by atoms with E-state index in [0.717, 1.165) is 46.3 Å². The van der Waals surface area contributed by atoms with Crippen LogP contribution in [0.5, 0.6) is 0 Å². The number of amides is 1. The van der Waals surface area contributed by atoms with E-state index in [2.05, 4.69) is 11.1 Å². The summed E-state index contributed by atoms with van der Waals surface area (Å²) >= 11 is 1.65. The summed E-state index contributed by atoms with van der Waals surface area (Å²) in [6.45, 7) is 4.40. The van der Waals surface area contributed by atoms with E-state index in [1.165, 1.54) is 16.9 Å². The van der Waals surface area contributed by atoms with Gasteiger partial charge in [-0.05, 0) is 68.4 Å². The predicted octanol–water partition coefficient (Wildman–Crippen LogP) is 4.01. The standard InChI is InChI=1S/C22H25N3O2S/c1-14-10-15(2)12-16(11-14)24(3)19(26)8-9-25-13-23-21-20(22(25)27)17-6-4-5-7-18(17)28-21/h10-13H,4-9H2,1-3H3. The highest BCUT2D eigenvalue weighted by Gasteiger charge is 2.20. The van der Waals surface area contributed by atoms with Crippen LogP contribution in [0.2, 0.25) is 0 Å². The molecule has 0 unspecified atom stereocenters. The second-order valence-corrected chi connectivity index (χ2v) is 8.77. The average molecular weight is 396 g/mol. The number of fused-ring (bicyclic) bond motifs is 3. The zero-order valence-corrected chi connectivity index (χ0v) is 17.4. The number of thiophene rings is 1. The lowest BCUT2D eigenvalue weighted by Crippen LogP contribution is -2.29. The third kappa shape index (κ3) is 3.49. The van der Waals surface area contributed by atoms with Gasteiger partial charge in [0, 0.05) is 30.6 Å². The minimum absolute atomic E-state index is 0.00810. The van der Waals surface area contributed by atoms with Gasteiger partial charge >= 0.3 is 0 Å². The van der Waals surface area contributed by atoms with Crippen molar-refractivity contribution in [3.8, 4) is 0 Å². The smallest absolute Gasteiger partial charge is 0.262 e. The summed E-state index contributed by atoms with van der Waals surface area (Å²) in [7, 11) is 1.79. The zero-order chi connectivity index (χ0) is 19.8. The second-order valence-electron chi connectivity index (χ2n) is 7.68. The lowest BCUT2D eigenvalue weighted by atomic mass is 9.97. The van der Waals surface area contributed by atoms with E-state index in [-0.39, 0.29) is 17.9 Å². The number of aryl methyl sites for hydroxylation is 5. The van der Waals surface area contributed by atoms with Gasteiger partial charge in [0.25, 0.3) is 5.56 Å². The molecule has 0 fully saturated rings. The van der Waals surface area contributed by atoms with Crippen molar-refractivity contribution in [2.75, 3.05) is 11.9 Å². The van der Waals surface area contributed by atoms with Crippen LogP contribution >= 0.6 is 11.3 Å². The maximum Gasteiger partial charge on any atom is 0.262 e. The molecule has 2 aromatic heterocycles. The quantitative estimate of drug-likeness (QED) is 0.671. The summed E-state index contributed by atoms with van der Waals surface area (Å²) in [6, 6.07) is 6.09. The number of anilines is 1. The van der Waals surface area contributed by atoms with Crippen LogP contribution < -0.4 is 10.5 Å². The Morgan fingerprint density at radius 2 is 1.89 bits per heavy atom. The molecule has 146 valence electrons. The largest absolute Gasteiger partial charge is 0.315 e. The Hall–Kier alpha value is -2.47. The molecule has 28 heavy (non-hydrogen) atoms. The van der Waals surface area contributed by atoms with E-state index in [1.807, 2.05) is 26.0 Å². The van der Waals surface area contributed by atoms with Crippen LogP contribution in [-0.4, -0.2) is 22.5 Å². The van der Waals surface area contributed by atoms with Gasteiger partial charge in [-0.2, -0.15) is 0 Å². The molecule has 0 spiro atoms. The lowest BCUT2D eigenvalue weighted by molar-refractivity contribution is -0.118. The monoisotopic (exact) mass is 395 g/mol. The zero-order valence-electron chi connectivity index (χ0n) is 16.6. The molecule has 0 N–H and O–H groups in total. The number of aromatic nitrogens is 2. The molecule has 3 aromatic rings. The first-order valence-corrected chi connectivity index (χ1v) is 10.6. The normalized spacial score (nSPS) is 13.5. The molecule has 1 aliphatic carbocycles. The van der Waals surface area contributed by atoms with Crippen LogP contribution in [0.1, 0.15) is 40.8 Å². The number of benzene rings is 1. The van der Waals surface area contributed by atoms with Gasteiger partial charge in [0.1, 0.15) is 4.83 Å². The molecule has 6 heteroatoms. The van der Waals surface area contributed by atoms with Crippen molar-refractivity contribution < 1.29 is 4.79 Å². The molecule has 0 saturated carbocycles. The summed E-state index contributed by atoms with van der Waals surface area (Å²) in [6.07, 6.45) is 6.19. The fourth-order valence-electron chi connectivity index (χ4n) is 4.01. The Labute approximate surface area is 168 Å². The minimum atomic E-state index is -0.00987. The summed E-state index contributed by atoms with van der Waals surface area (Å²) in [5.74, 6) is -0.00987. The van der Waals surface area contributed by atoms with E-state index in [0.29, 0.717) is 6.54 Å². The molecule has 0 radical (unpaired) electrons. The summed E-state index contributed by atoms with van der Waals surface area (Å²) in [5, 5.41) is 0.775. The number of hydrogen-bond donors (Lipinski definition) is 0. The van der Waals surface area contributed by atoms with Crippen LogP contribution in [-0.2, 0) is 24.2 Å². The topological polar surface area (TPSA) is 55.2 Å². The fraction of sp³-hybridized carbons (Fsp3) is 0.409. The number of carbonyl (C=O) groups excluding carboxylic acids is 1. The molecule has 0 bridgehead atoms. The molecular weight excluding hydrogens is 370 g/mol. The van der Waals surface area contributed by atoms with Crippen molar-refractivity contribution in [1.29, 1.82) is 0 Å². The number of rotatable bonds is 4. The molecule has 1 aliphatic rings. The van der Waals surface area contributed by atoms with Gasteiger partial charge in [0.2, 0.25) is 5.91 Å². The van der Waals surface area contributed by atoms with E-state index >= 15 is 0 Å². The third-order valence-corrected chi connectivity index (χ3v) is 6.68. The Bertz CT molecular complexity index is 1090. The SMILES string of the molecule is Cc1cc(C)cc(N(C)C(=O)CCn2cnc3sc4c(c3c2=O)CCCC4)c1. The molecule has 0 saturated heterocycles. The summed E-state index contributed by atoms with van der Waals surface area (Å²) < 4.78 is 1.59. The van der Waals surface area contributed by atoms with Crippen LogP contribution in [0.4, 0.5) is 5.69 Å². The van der Waals surface area contributed by atoms with Crippen molar-refractivity contribution in [1.82, 2.24) is 9.55 Å². The Morgan fingerprint density at radius 1 is 1.18 bits per heavy atom. The Balaban J connectivity index is 1.54. The highest BCUT2D eigenvalue weighted by Crippen LogP contribution is 2.33. The maximum atomic E-state index is 13.0. The van der Waals surface area contributed by atoms with E-state index in [4.69, 9.17) is 0 Å². The average Bonchev–Trinajstić information content (AvgIpc) is 3.05. The molecular formula is C22H25N3O2S.